The summed E-state index contributed by atoms with van der Waals surface area (Å²) in [6, 6.07) is 17.1. The highest BCUT2D eigenvalue weighted by molar-refractivity contribution is 7.09. The lowest BCUT2D eigenvalue weighted by atomic mass is 10.00. The van der Waals surface area contributed by atoms with Crippen LogP contribution in [0.2, 0.25) is 0 Å². The van der Waals surface area contributed by atoms with E-state index < -0.39 is 0 Å². The van der Waals surface area contributed by atoms with Gasteiger partial charge in [-0.2, -0.15) is 0 Å². The van der Waals surface area contributed by atoms with Gasteiger partial charge in [0.25, 0.3) is 5.91 Å². The fraction of sp³-hybridized carbons (Fsp3) is 0.333. The number of aromatic nitrogens is 1. The Balaban J connectivity index is 1.27. The van der Waals surface area contributed by atoms with Gasteiger partial charge in [-0.05, 0) is 43.5 Å². The van der Waals surface area contributed by atoms with Crippen LogP contribution >= 0.6 is 11.3 Å². The van der Waals surface area contributed by atoms with Gasteiger partial charge in [0.05, 0.1) is 11.7 Å². The number of amides is 1. The first kappa shape index (κ1) is 19.9. The SMILES string of the molecule is O=C(COc1ccccc1)N1CCCCC1c1csc(C2COc3ccccc3O2)n1. The molecular formula is C24H24N2O4S. The molecule has 1 fully saturated rings. The second-order valence-electron chi connectivity index (χ2n) is 7.68. The van der Waals surface area contributed by atoms with Crippen LogP contribution in [0.4, 0.5) is 0 Å². The van der Waals surface area contributed by atoms with E-state index in [4.69, 9.17) is 19.2 Å². The first-order chi connectivity index (χ1) is 15.3. The minimum atomic E-state index is -0.234. The summed E-state index contributed by atoms with van der Waals surface area (Å²) in [5, 5.41) is 2.93. The first-order valence-corrected chi connectivity index (χ1v) is 11.5. The molecule has 2 atom stereocenters. The lowest BCUT2D eigenvalue weighted by Gasteiger charge is -2.34. The highest BCUT2D eigenvalue weighted by atomic mass is 32.1. The number of para-hydroxylation sites is 3. The summed E-state index contributed by atoms with van der Waals surface area (Å²) in [6.45, 7) is 1.20. The Morgan fingerprint density at radius 1 is 1.10 bits per heavy atom. The molecule has 3 aromatic rings. The zero-order valence-corrected chi connectivity index (χ0v) is 17.9. The first-order valence-electron chi connectivity index (χ1n) is 10.6. The second kappa shape index (κ2) is 8.98. The third-order valence-electron chi connectivity index (χ3n) is 5.59. The molecule has 0 N–H and O–H groups in total. The van der Waals surface area contributed by atoms with Crippen molar-refractivity contribution in [2.75, 3.05) is 19.8 Å². The number of benzene rings is 2. The molecular weight excluding hydrogens is 412 g/mol. The molecule has 5 rings (SSSR count). The molecule has 1 amide bonds. The minimum Gasteiger partial charge on any atom is -0.485 e. The molecule has 2 aliphatic heterocycles. The van der Waals surface area contributed by atoms with Gasteiger partial charge in [0.1, 0.15) is 17.4 Å². The number of ether oxygens (including phenoxy) is 3. The zero-order valence-electron chi connectivity index (χ0n) is 17.1. The lowest BCUT2D eigenvalue weighted by molar-refractivity contribution is -0.137. The molecule has 0 aliphatic carbocycles. The number of hydrogen-bond donors (Lipinski definition) is 0. The van der Waals surface area contributed by atoms with Crippen molar-refractivity contribution >= 4 is 17.2 Å². The van der Waals surface area contributed by atoms with Gasteiger partial charge in [0.2, 0.25) is 0 Å². The number of carbonyl (C=O) groups is 1. The largest absolute Gasteiger partial charge is 0.485 e. The highest BCUT2D eigenvalue weighted by Crippen LogP contribution is 2.38. The van der Waals surface area contributed by atoms with Crippen LogP contribution in [0.1, 0.15) is 42.1 Å². The summed E-state index contributed by atoms with van der Waals surface area (Å²) in [5.41, 5.74) is 0.926. The van der Waals surface area contributed by atoms with Crippen molar-refractivity contribution < 1.29 is 19.0 Å². The van der Waals surface area contributed by atoms with E-state index >= 15 is 0 Å². The number of thiazole rings is 1. The molecule has 2 unspecified atom stereocenters. The van der Waals surface area contributed by atoms with Crippen molar-refractivity contribution in [3.63, 3.8) is 0 Å². The third-order valence-corrected chi connectivity index (χ3v) is 6.55. The summed E-state index contributed by atoms with van der Waals surface area (Å²) in [5.74, 6) is 2.20. The monoisotopic (exact) mass is 436 g/mol. The number of nitrogens with zero attached hydrogens (tertiary/aromatic N) is 2. The van der Waals surface area contributed by atoms with Crippen LogP contribution in [0.3, 0.4) is 0 Å². The molecule has 6 nitrogen and oxygen atoms in total. The van der Waals surface area contributed by atoms with Crippen molar-refractivity contribution in [1.82, 2.24) is 9.88 Å². The quantitative estimate of drug-likeness (QED) is 0.576. The Morgan fingerprint density at radius 2 is 1.90 bits per heavy atom. The van der Waals surface area contributed by atoms with Crippen molar-refractivity contribution in [1.29, 1.82) is 0 Å². The van der Waals surface area contributed by atoms with Crippen LogP contribution in [0.25, 0.3) is 0 Å². The molecule has 3 heterocycles. The van der Waals surface area contributed by atoms with Crippen molar-refractivity contribution in [2.24, 2.45) is 0 Å². The van der Waals surface area contributed by atoms with Gasteiger partial charge in [-0.3, -0.25) is 4.79 Å². The Labute approximate surface area is 185 Å². The van der Waals surface area contributed by atoms with E-state index in [-0.39, 0.29) is 24.7 Å². The number of hydrogen-bond acceptors (Lipinski definition) is 6. The topological polar surface area (TPSA) is 60.9 Å². The highest BCUT2D eigenvalue weighted by Gasteiger charge is 2.32. The number of fused-ring (bicyclic) bond motifs is 1. The third kappa shape index (κ3) is 4.37. The fourth-order valence-corrected chi connectivity index (χ4v) is 4.90. The molecule has 0 saturated carbocycles. The van der Waals surface area contributed by atoms with Gasteiger partial charge in [-0.1, -0.05) is 30.3 Å². The lowest BCUT2D eigenvalue weighted by Crippen LogP contribution is -2.41. The van der Waals surface area contributed by atoms with E-state index in [1.807, 2.05) is 64.9 Å². The van der Waals surface area contributed by atoms with Crippen LogP contribution in [-0.4, -0.2) is 35.5 Å². The molecule has 2 aliphatic rings. The number of carbonyl (C=O) groups excluding carboxylic acids is 1. The van der Waals surface area contributed by atoms with E-state index in [0.717, 1.165) is 48.0 Å². The molecule has 7 heteroatoms. The normalized spacial score (nSPS) is 20.3. The van der Waals surface area contributed by atoms with Crippen LogP contribution in [-0.2, 0) is 4.79 Å². The van der Waals surface area contributed by atoms with Crippen LogP contribution in [0.15, 0.2) is 60.0 Å². The van der Waals surface area contributed by atoms with Crippen molar-refractivity contribution in [3.8, 4) is 17.2 Å². The Morgan fingerprint density at radius 3 is 2.77 bits per heavy atom. The molecule has 1 saturated heterocycles. The number of likely N-dealkylation sites (tertiary alicyclic amines) is 1. The maximum absolute atomic E-state index is 12.9. The van der Waals surface area contributed by atoms with Gasteiger partial charge in [0.15, 0.2) is 24.2 Å². The van der Waals surface area contributed by atoms with E-state index in [9.17, 15) is 4.79 Å². The van der Waals surface area contributed by atoms with Crippen LogP contribution in [0, 0.1) is 0 Å². The van der Waals surface area contributed by atoms with Gasteiger partial charge < -0.3 is 19.1 Å². The Bertz CT molecular complexity index is 1040. The Kier molecular flexibility index (Phi) is 5.76. The molecule has 0 radical (unpaired) electrons. The smallest absolute Gasteiger partial charge is 0.261 e. The zero-order chi connectivity index (χ0) is 21.0. The minimum absolute atomic E-state index is 0.00530. The molecule has 0 bridgehead atoms. The Hall–Kier alpha value is -3.06. The summed E-state index contributed by atoms with van der Waals surface area (Å²) in [4.78, 5) is 19.7. The van der Waals surface area contributed by atoms with Gasteiger partial charge in [0, 0.05) is 11.9 Å². The van der Waals surface area contributed by atoms with Crippen molar-refractivity contribution in [3.05, 3.63) is 70.7 Å². The predicted molar refractivity (Wildman–Crippen MR) is 118 cm³/mol. The van der Waals surface area contributed by atoms with E-state index in [1.54, 1.807) is 11.3 Å². The fourth-order valence-electron chi connectivity index (χ4n) is 4.03. The molecule has 2 aromatic carbocycles. The number of piperidine rings is 1. The van der Waals surface area contributed by atoms with E-state index in [2.05, 4.69) is 0 Å². The summed E-state index contributed by atoms with van der Waals surface area (Å²) >= 11 is 1.56. The van der Waals surface area contributed by atoms with E-state index in [1.165, 1.54) is 0 Å². The molecule has 160 valence electrons. The molecule has 1 aromatic heterocycles. The maximum Gasteiger partial charge on any atom is 0.261 e. The van der Waals surface area contributed by atoms with Gasteiger partial charge in [-0.15, -0.1) is 11.3 Å². The molecule has 31 heavy (non-hydrogen) atoms. The average Bonchev–Trinajstić information content (AvgIpc) is 3.33. The van der Waals surface area contributed by atoms with Crippen molar-refractivity contribution in [2.45, 2.75) is 31.4 Å². The standard InChI is InChI=1S/C24H24N2O4S/c27-23(15-28-17-8-2-1-3-9-17)26-13-7-6-10-19(26)18-16-31-24(25-18)22-14-29-20-11-4-5-12-21(20)30-22/h1-5,8-9,11-12,16,19,22H,6-7,10,13-15H2. The summed E-state index contributed by atoms with van der Waals surface area (Å²) in [7, 11) is 0. The molecule has 0 spiro atoms. The predicted octanol–water partition coefficient (Wildman–Crippen LogP) is 4.79. The number of rotatable bonds is 5. The second-order valence-corrected chi connectivity index (χ2v) is 8.56. The van der Waals surface area contributed by atoms with Crippen LogP contribution in [0.5, 0.6) is 17.2 Å². The average molecular weight is 437 g/mol. The maximum atomic E-state index is 12.9. The van der Waals surface area contributed by atoms with Gasteiger partial charge >= 0.3 is 0 Å². The summed E-state index contributed by atoms with van der Waals surface area (Å²) < 4.78 is 17.6. The summed E-state index contributed by atoms with van der Waals surface area (Å²) in [6.07, 6.45) is 2.76. The van der Waals surface area contributed by atoms with Crippen LogP contribution < -0.4 is 14.2 Å². The van der Waals surface area contributed by atoms with E-state index in [0.29, 0.717) is 12.4 Å². The van der Waals surface area contributed by atoms with Gasteiger partial charge in [-0.25, -0.2) is 4.98 Å².